The van der Waals surface area contributed by atoms with Crippen LogP contribution in [0.3, 0.4) is 0 Å². The first-order chi connectivity index (χ1) is 10.8. The van der Waals surface area contributed by atoms with E-state index >= 15 is 0 Å². The predicted molar refractivity (Wildman–Crippen MR) is 90.8 cm³/mol. The van der Waals surface area contributed by atoms with Gasteiger partial charge < -0.3 is 0 Å². The molecule has 2 heteroatoms. The summed E-state index contributed by atoms with van der Waals surface area (Å²) in [5.41, 5.74) is 2.90. The summed E-state index contributed by atoms with van der Waals surface area (Å²) in [4.78, 5) is 24.6. The van der Waals surface area contributed by atoms with Crippen LogP contribution in [0.2, 0.25) is 0 Å². The predicted octanol–water partition coefficient (Wildman–Crippen LogP) is 4.42. The Bertz CT molecular complexity index is 682. The Kier molecular flexibility index (Phi) is 2.99. The van der Waals surface area contributed by atoms with E-state index in [4.69, 9.17) is 0 Å². The van der Waals surface area contributed by atoms with Gasteiger partial charge in [0.2, 0.25) is 0 Å². The lowest BCUT2D eigenvalue weighted by Crippen LogP contribution is -2.51. The number of allylic oxidation sites excluding steroid dienone is 3. The van der Waals surface area contributed by atoms with Crippen LogP contribution in [0.5, 0.6) is 0 Å². The number of Topliss-reactive ketones (excluding diaryl/α,β-unsaturated/α-hetero) is 1. The fraction of sp³-hybridized carbons (Fsp3) is 0.619. The van der Waals surface area contributed by atoms with Crippen molar-refractivity contribution in [2.45, 2.75) is 52.4 Å². The number of hydrogen-bond donors (Lipinski definition) is 0. The fourth-order valence-electron chi connectivity index (χ4n) is 6.39. The molecule has 4 aliphatic rings. The van der Waals surface area contributed by atoms with Crippen molar-refractivity contribution in [3.05, 3.63) is 36.0 Å². The quantitative estimate of drug-likeness (QED) is 0.621. The second-order valence-electron chi connectivity index (χ2n) is 8.72. The smallest absolute Gasteiger partial charge is 0.181 e. The first-order valence-corrected chi connectivity index (χ1v) is 8.93. The third kappa shape index (κ3) is 1.81. The van der Waals surface area contributed by atoms with E-state index in [1.54, 1.807) is 6.08 Å². The minimum atomic E-state index is -0.111. The Morgan fingerprint density at radius 3 is 2.48 bits per heavy atom. The highest BCUT2D eigenvalue weighted by Crippen LogP contribution is 2.65. The Morgan fingerprint density at radius 2 is 1.74 bits per heavy atom. The van der Waals surface area contributed by atoms with E-state index in [2.05, 4.69) is 27.0 Å². The molecule has 0 aromatic carbocycles. The summed E-state index contributed by atoms with van der Waals surface area (Å²) in [6.07, 6.45) is 7.41. The Balaban J connectivity index is 1.78. The monoisotopic (exact) mass is 310 g/mol. The zero-order chi connectivity index (χ0) is 16.6. The summed E-state index contributed by atoms with van der Waals surface area (Å²) in [6.45, 7) is 12.8. The third-order valence-corrected chi connectivity index (χ3v) is 7.65. The van der Waals surface area contributed by atoms with Gasteiger partial charge >= 0.3 is 0 Å². The molecule has 0 amide bonds. The molecule has 0 N–H and O–H groups in total. The van der Waals surface area contributed by atoms with E-state index < -0.39 is 0 Å². The molecule has 0 saturated heterocycles. The standard InChI is InChI=1S/C21H26O2/c1-12-9-14-15-5-6-19(23)20(15,3)8-7-16(14)21(4)11-13(2)18(22)10-17(12)21/h10,14-16H,1-2,5-9,11H2,3-4H3/t14-,15-,16-,20-,21+/m0/s1. The number of rotatable bonds is 0. The number of ketones is 2. The van der Waals surface area contributed by atoms with Gasteiger partial charge in [-0.3, -0.25) is 9.59 Å². The van der Waals surface area contributed by atoms with Crippen molar-refractivity contribution in [3.8, 4) is 0 Å². The highest BCUT2D eigenvalue weighted by molar-refractivity contribution is 6.05. The minimum absolute atomic E-state index is 0.0159. The summed E-state index contributed by atoms with van der Waals surface area (Å²) in [5, 5.41) is 0. The van der Waals surface area contributed by atoms with Gasteiger partial charge in [-0.1, -0.05) is 32.6 Å². The van der Waals surface area contributed by atoms with Crippen molar-refractivity contribution >= 4 is 11.6 Å². The van der Waals surface area contributed by atoms with Crippen molar-refractivity contribution in [3.63, 3.8) is 0 Å². The van der Waals surface area contributed by atoms with E-state index in [-0.39, 0.29) is 16.6 Å². The Morgan fingerprint density at radius 1 is 1.04 bits per heavy atom. The molecule has 4 rings (SSSR count). The van der Waals surface area contributed by atoms with Gasteiger partial charge in [-0.05, 0) is 67.1 Å². The van der Waals surface area contributed by atoms with Gasteiger partial charge in [-0.2, -0.15) is 0 Å². The van der Waals surface area contributed by atoms with E-state index in [9.17, 15) is 9.59 Å². The van der Waals surface area contributed by atoms with Crippen LogP contribution < -0.4 is 0 Å². The van der Waals surface area contributed by atoms with Crippen LogP contribution in [0.4, 0.5) is 0 Å². The largest absolute Gasteiger partial charge is 0.299 e. The molecule has 0 radical (unpaired) electrons. The SMILES string of the molecule is C=C1C[C@@]2(C)C(=CC1=O)C(=C)C[C@@H]1[C@@H]2CC[C@]2(C)C(=O)CC[C@@H]12. The van der Waals surface area contributed by atoms with Crippen LogP contribution in [0, 0.1) is 28.6 Å². The molecular formula is C21H26O2. The average molecular weight is 310 g/mol. The topological polar surface area (TPSA) is 34.1 Å². The van der Waals surface area contributed by atoms with Gasteiger partial charge in [0.1, 0.15) is 5.78 Å². The van der Waals surface area contributed by atoms with Crippen LogP contribution in [0.1, 0.15) is 52.4 Å². The zero-order valence-electron chi connectivity index (χ0n) is 14.3. The summed E-state index contributed by atoms with van der Waals surface area (Å²) >= 11 is 0. The maximum Gasteiger partial charge on any atom is 0.181 e. The van der Waals surface area contributed by atoms with Gasteiger partial charge in [-0.15, -0.1) is 0 Å². The maximum absolute atomic E-state index is 12.5. The summed E-state index contributed by atoms with van der Waals surface area (Å²) in [5.74, 6) is 2.13. The second-order valence-corrected chi connectivity index (χ2v) is 8.72. The zero-order valence-corrected chi connectivity index (χ0v) is 14.3. The molecule has 0 aliphatic heterocycles. The van der Waals surface area contributed by atoms with E-state index in [0.717, 1.165) is 49.7 Å². The molecule has 4 aliphatic carbocycles. The van der Waals surface area contributed by atoms with Crippen LogP contribution in [0.15, 0.2) is 36.0 Å². The number of carbonyl (C=O) groups excluding carboxylic acids is 2. The van der Waals surface area contributed by atoms with Crippen LogP contribution in [-0.2, 0) is 9.59 Å². The van der Waals surface area contributed by atoms with Gasteiger partial charge in [-0.25, -0.2) is 0 Å². The number of hydrogen-bond acceptors (Lipinski definition) is 2. The molecule has 0 aromatic heterocycles. The van der Waals surface area contributed by atoms with Gasteiger partial charge in [0.05, 0.1) is 0 Å². The molecule has 5 atom stereocenters. The number of carbonyl (C=O) groups is 2. The molecular weight excluding hydrogens is 284 g/mol. The Labute approximate surface area is 138 Å². The van der Waals surface area contributed by atoms with Crippen molar-refractivity contribution in [1.29, 1.82) is 0 Å². The molecule has 0 heterocycles. The first kappa shape index (κ1) is 15.1. The van der Waals surface area contributed by atoms with Gasteiger partial charge in [0.15, 0.2) is 5.78 Å². The lowest BCUT2D eigenvalue weighted by Gasteiger charge is -2.57. The molecule has 0 spiro atoms. The van der Waals surface area contributed by atoms with Crippen molar-refractivity contribution in [2.75, 3.05) is 0 Å². The lowest BCUT2D eigenvalue weighted by molar-refractivity contribution is -0.131. The highest BCUT2D eigenvalue weighted by atomic mass is 16.1. The highest BCUT2D eigenvalue weighted by Gasteiger charge is 2.59. The van der Waals surface area contributed by atoms with E-state index in [1.807, 2.05) is 0 Å². The maximum atomic E-state index is 12.5. The number of fused-ring (bicyclic) bond motifs is 5. The van der Waals surface area contributed by atoms with E-state index in [0.29, 0.717) is 23.5 Å². The summed E-state index contributed by atoms with van der Waals surface area (Å²) < 4.78 is 0. The van der Waals surface area contributed by atoms with Crippen LogP contribution in [0.25, 0.3) is 0 Å². The van der Waals surface area contributed by atoms with Crippen molar-refractivity contribution < 1.29 is 9.59 Å². The first-order valence-electron chi connectivity index (χ1n) is 8.93. The molecule has 3 saturated carbocycles. The normalized spacial score (nSPS) is 46.2. The molecule has 2 nitrogen and oxygen atoms in total. The molecule has 0 unspecified atom stereocenters. The molecule has 23 heavy (non-hydrogen) atoms. The van der Waals surface area contributed by atoms with Crippen molar-refractivity contribution in [1.82, 2.24) is 0 Å². The summed E-state index contributed by atoms with van der Waals surface area (Å²) in [7, 11) is 0. The third-order valence-electron chi connectivity index (χ3n) is 7.65. The van der Waals surface area contributed by atoms with Crippen LogP contribution >= 0.6 is 0 Å². The average Bonchev–Trinajstić information content (AvgIpc) is 2.78. The minimum Gasteiger partial charge on any atom is -0.299 e. The molecule has 3 fully saturated rings. The fourth-order valence-corrected chi connectivity index (χ4v) is 6.39. The Hall–Kier alpha value is -1.44. The van der Waals surface area contributed by atoms with Crippen molar-refractivity contribution in [2.24, 2.45) is 28.6 Å². The molecule has 0 bridgehead atoms. The molecule has 0 aromatic rings. The van der Waals surface area contributed by atoms with Crippen LogP contribution in [-0.4, -0.2) is 11.6 Å². The van der Waals surface area contributed by atoms with E-state index in [1.165, 1.54) is 5.57 Å². The molecule has 122 valence electrons. The van der Waals surface area contributed by atoms with Gasteiger partial charge in [0.25, 0.3) is 0 Å². The lowest BCUT2D eigenvalue weighted by atomic mass is 9.46. The van der Waals surface area contributed by atoms with Gasteiger partial charge in [0, 0.05) is 17.3 Å². The second kappa shape index (κ2) is 4.55. The summed E-state index contributed by atoms with van der Waals surface area (Å²) in [6, 6.07) is 0.